The Morgan fingerprint density at radius 1 is 1.15 bits per heavy atom. The molecule has 2 aromatic heterocycles. The topological polar surface area (TPSA) is 61.1 Å². The summed E-state index contributed by atoms with van der Waals surface area (Å²) in [5.74, 6) is 1.22. The van der Waals surface area contributed by atoms with Gasteiger partial charge in [0, 0.05) is 44.5 Å². The van der Waals surface area contributed by atoms with Crippen molar-refractivity contribution >= 4 is 33.3 Å². The first-order valence-electron chi connectivity index (χ1n) is 9.00. The molecule has 0 radical (unpaired) electrons. The predicted molar refractivity (Wildman–Crippen MR) is 108 cm³/mol. The number of hydrogen-bond donors (Lipinski definition) is 1. The number of benzene rings is 1. The van der Waals surface area contributed by atoms with E-state index in [4.69, 9.17) is 4.42 Å². The van der Waals surface area contributed by atoms with Crippen LogP contribution in [0.5, 0.6) is 0 Å². The molecular formula is C20H22N4O2S. The zero-order chi connectivity index (χ0) is 18.6. The van der Waals surface area contributed by atoms with Gasteiger partial charge in [-0.1, -0.05) is 18.2 Å². The van der Waals surface area contributed by atoms with Crippen LogP contribution >= 0.6 is 11.3 Å². The van der Waals surface area contributed by atoms with Gasteiger partial charge in [0.1, 0.15) is 0 Å². The van der Waals surface area contributed by atoms with Crippen molar-refractivity contribution in [2.24, 2.45) is 4.99 Å². The molecule has 0 spiro atoms. The van der Waals surface area contributed by atoms with Crippen LogP contribution in [0.4, 0.5) is 0 Å². The number of furan rings is 1. The van der Waals surface area contributed by atoms with Crippen LogP contribution < -0.4 is 5.32 Å². The summed E-state index contributed by atoms with van der Waals surface area (Å²) in [4.78, 5) is 20.8. The number of rotatable bonds is 3. The molecular weight excluding hydrogens is 360 g/mol. The summed E-state index contributed by atoms with van der Waals surface area (Å²) in [6, 6.07) is 11.9. The zero-order valence-electron chi connectivity index (χ0n) is 15.2. The van der Waals surface area contributed by atoms with Gasteiger partial charge in [-0.25, -0.2) is 0 Å². The van der Waals surface area contributed by atoms with Crippen LogP contribution in [0, 0.1) is 0 Å². The smallest absolute Gasteiger partial charge is 0.289 e. The lowest BCUT2D eigenvalue weighted by molar-refractivity contribution is 0.0657. The number of amides is 1. The molecule has 4 rings (SSSR count). The Labute approximate surface area is 162 Å². The quantitative estimate of drug-likeness (QED) is 0.559. The van der Waals surface area contributed by atoms with Crippen molar-refractivity contribution in [2.75, 3.05) is 33.2 Å². The van der Waals surface area contributed by atoms with Crippen molar-refractivity contribution in [3.63, 3.8) is 0 Å². The van der Waals surface area contributed by atoms with E-state index in [1.165, 1.54) is 21.9 Å². The highest BCUT2D eigenvalue weighted by Gasteiger charge is 2.25. The van der Waals surface area contributed by atoms with Gasteiger partial charge in [0.05, 0.1) is 6.26 Å². The number of carbonyl (C=O) groups excluding carboxylic acids is 1. The Bertz CT molecular complexity index is 940. The van der Waals surface area contributed by atoms with Crippen molar-refractivity contribution in [1.82, 2.24) is 15.1 Å². The molecule has 1 amide bonds. The lowest BCUT2D eigenvalue weighted by atomic mass is 10.2. The third kappa shape index (κ3) is 3.68. The second-order valence-corrected chi connectivity index (χ2v) is 7.33. The molecule has 3 heterocycles. The number of thiophene rings is 1. The normalized spacial score (nSPS) is 15.4. The molecule has 3 aromatic rings. The number of aliphatic imine (C=N–C) groups is 1. The first kappa shape index (κ1) is 17.6. The molecule has 7 heteroatoms. The van der Waals surface area contributed by atoms with E-state index >= 15 is 0 Å². The molecule has 1 fully saturated rings. The molecule has 0 saturated carbocycles. The van der Waals surface area contributed by atoms with Gasteiger partial charge in [-0.2, -0.15) is 0 Å². The van der Waals surface area contributed by atoms with Crippen LogP contribution in [0.3, 0.4) is 0 Å². The first-order valence-corrected chi connectivity index (χ1v) is 9.87. The number of guanidine groups is 1. The van der Waals surface area contributed by atoms with E-state index in [1.54, 1.807) is 30.5 Å². The molecule has 6 nitrogen and oxygen atoms in total. The SMILES string of the molecule is CN=C(NCc1csc2ccccc12)N1CCN(C(=O)c2ccco2)CC1. The maximum atomic E-state index is 12.4. The van der Waals surface area contributed by atoms with Gasteiger partial charge in [0.15, 0.2) is 11.7 Å². The van der Waals surface area contributed by atoms with E-state index in [0.29, 0.717) is 18.8 Å². The minimum atomic E-state index is -0.0488. The van der Waals surface area contributed by atoms with Gasteiger partial charge in [-0.05, 0) is 34.5 Å². The monoisotopic (exact) mass is 382 g/mol. The molecule has 1 saturated heterocycles. The Kier molecular flexibility index (Phi) is 5.11. The van der Waals surface area contributed by atoms with Gasteiger partial charge in [-0.15, -0.1) is 11.3 Å². The maximum Gasteiger partial charge on any atom is 0.289 e. The highest BCUT2D eigenvalue weighted by molar-refractivity contribution is 7.17. The number of piperazine rings is 1. The highest BCUT2D eigenvalue weighted by atomic mass is 32.1. The van der Waals surface area contributed by atoms with Crippen LogP contribution in [-0.4, -0.2) is 54.9 Å². The zero-order valence-corrected chi connectivity index (χ0v) is 16.0. The largest absolute Gasteiger partial charge is 0.459 e. The van der Waals surface area contributed by atoms with Crippen molar-refractivity contribution < 1.29 is 9.21 Å². The average molecular weight is 382 g/mol. The number of carbonyl (C=O) groups is 1. The van der Waals surface area contributed by atoms with Crippen LogP contribution in [0.15, 0.2) is 57.5 Å². The minimum absolute atomic E-state index is 0.0488. The van der Waals surface area contributed by atoms with E-state index in [2.05, 4.69) is 44.9 Å². The maximum absolute atomic E-state index is 12.4. The lowest BCUT2D eigenvalue weighted by Gasteiger charge is -2.36. The fraction of sp³-hybridized carbons (Fsp3) is 0.300. The van der Waals surface area contributed by atoms with Gasteiger partial charge in [-0.3, -0.25) is 9.79 Å². The molecule has 27 heavy (non-hydrogen) atoms. The molecule has 1 N–H and O–H groups in total. The van der Waals surface area contributed by atoms with Crippen molar-refractivity contribution in [3.05, 3.63) is 59.4 Å². The third-order valence-corrected chi connectivity index (χ3v) is 5.82. The van der Waals surface area contributed by atoms with E-state index < -0.39 is 0 Å². The Morgan fingerprint density at radius 2 is 1.93 bits per heavy atom. The van der Waals surface area contributed by atoms with E-state index in [0.717, 1.165) is 25.6 Å². The molecule has 1 aromatic carbocycles. The van der Waals surface area contributed by atoms with Crippen LogP contribution in [0.2, 0.25) is 0 Å². The predicted octanol–water partition coefficient (Wildman–Crippen LogP) is 3.03. The van der Waals surface area contributed by atoms with Crippen molar-refractivity contribution in [2.45, 2.75) is 6.54 Å². The summed E-state index contributed by atoms with van der Waals surface area (Å²) < 4.78 is 6.52. The van der Waals surface area contributed by atoms with Crippen molar-refractivity contribution in [3.8, 4) is 0 Å². The summed E-state index contributed by atoms with van der Waals surface area (Å²) in [6.45, 7) is 3.54. The first-order chi connectivity index (χ1) is 13.3. The summed E-state index contributed by atoms with van der Waals surface area (Å²) in [5.41, 5.74) is 1.28. The second kappa shape index (κ2) is 7.84. The highest BCUT2D eigenvalue weighted by Crippen LogP contribution is 2.25. The lowest BCUT2D eigenvalue weighted by Crippen LogP contribution is -2.53. The fourth-order valence-electron chi connectivity index (χ4n) is 3.35. The average Bonchev–Trinajstić information content (AvgIpc) is 3.39. The van der Waals surface area contributed by atoms with Crippen molar-refractivity contribution in [1.29, 1.82) is 0 Å². The summed E-state index contributed by atoms with van der Waals surface area (Å²) in [5, 5.41) is 6.96. The fourth-order valence-corrected chi connectivity index (χ4v) is 4.32. The standard InChI is InChI=1S/C20H22N4O2S/c1-21-20(22-13-15-14-27-18-7-3-2-5-16(15)18)24-10-8-23(9-11-24)19(25)17-6-4-12-26-17/h2-7,12,14H,8-11,13H2,1H3,(H,21,22). The van der Waals surface area contributed by atoms with E-state index in [9.17, 15) is 4.79 Å². The van der Waals surface area contributed by atoms with Crippen LogP contribution in [0.25, 0.3) is 10.1 Å². The molecule has 0 aliphatic carbocycles. The summed E-state index contributed by atoms with van der Waals surface area (Å²) >= 11 is 1.76. The molecule has 1 aliphatic heterocycles. The molecule has 0 unspecified atom stereocenters. The van der Waals surface area contributed by atoms with Gasteiger partial charge in [0.25, 0.3) is 5.91 Å². The van der Waals surface area contributed by atoms with E-state index in [-0.39, 0.29) is 5.91 Å². The van der Waals surface area contributed by atoms with Gasteiger partial charge < -0.3 is 19.5 Å². The van der Waals surface area contributed by atoms with Crippen LogP contribution in [0.1, 0.15) is 16.1 Å². The molecule has 0 bridgehead atoms. The Morgan fingerprint density at radius 3 is 2.67 bits per heavy atom. The van der Waals surface area contributed by atoms with Gasteiger partial charge in [0.2, 0.25) is 0 Å². The number of nitrogens with zero attached hydrogens (tertiary/aromatic N) is 3. The number of hydrogen-bond acceptors (Lipinski definition) is 4. The Hall–Kier alpha value is -2.80. The molecule has 1 aliphatic rings. The molecule has 0 atom stereocenters. The number of nitrogens with one attached hydrogen (secondary N) is 1. The molecule has 140 valence electrons. The minimum Gasteiger partial charge on any atom is -0.459 e. The second-order valence-electron chi connectivity index (χ2n) is 6.41. The third-order valence-electron chi connectivity index (χ3n) is 4.81. The Balaban J connectivity index is 1.35. The summed E-state index contributed by atoms with van der Waals surface area (Å²) in [6.07, 6.45) is 1.53. The van der Waals surface area contributed by atoms with Gasteiger partial charge >= 0.3 is 0 Å². The number of fused-ring (bicyclic) bond motifs is 1. The van der Waals surface area contributed by atoms with E-state index in [1.807, 2.05) is 4.90 Å². The summed E-state index contributed by atoms with van der Waals surface area (Å²) in [7, 11) is 1.80. The van der Waals surface area contributed by atoms with Crippen LogP contribution in [-0.2, 0) is 6.54 Å².